The quantitative estimate of drug-likeness (QED) is 0.696. The van der Waals surface area contributed by atoms with E-state index in [-0.39, 0.29) is 16.5 Å². The maximum atomic E-state index is 12.9. The molecule has 1 aliphatic rings. The Bertz CT molecular complexity index is 849. The van der Waals surface area contributed by atoms with Crippen molar-refractivity contribution in [3.8, 4) is 28.7 Å². The smallest absolute Gasteiger partial charge is 0.429 e. The van der Waals surface area contributed by atoms with Crippen LogP contribution in [0.25, 0.3) is 6.08 Å². The summed E-state index contributed by atoms with van der Waals surface area (Å²) in [5.41, 5.74) is 0.431. The van der Waals surface area contributed by atoms with Crippen LogP contribution < -0.4 is 18.9 Å². The molecule has 0 aliphatic carbocycles. The zero-order valence-electron chi connectivity index (χ0n) is 13.8. The van der Waals surface area contributed by atoms with E-state index in [1.165, 1.54) is 32.4 Å². The molecule has 1 heterocycles. The Morgan fingerprint density at radius 3 is 2.42 bits per heavy atom. The fourth-order valence-corrected chi connectivity index (χ4v) is 2.67. The Morgan fingerprint density at radius 1 is 1.04 bits per heavy atom. The van der Waals surface area contributed by atoms with Crippen molar-refractivity contribution in [1.82, 2.24) is 0 Å². The predicted molar refractivity (Wildman–Crippen MR) is 90.6 cm³/mol. The second kappa shape index (κ2) is 6.99. The number of rotatable bonds is 4. The highest BCUT2D eigenvalue weighted by atomic mass is 35.5. The molecule has 0 radical (unpaired) electrons. The van der Waals surface area contributed by atoms with Gasteiger partial charge in [-0.3, -0.25) is 0 Å². The first-order valence-electron chi connectivity index (χ1n) is 7.47. The number of hydrogen-bond acceptors (Lipinski definition) is 4. The summed E-state index contributed by atoms with van der Waals surface area (Å²) in [5, 5.41) is 0.215. The molecular weight excluding hydrogens is 373 g/mol. The van der Waals surface area contributed by atoms with Gasteiger partial charge in [0.1, 0.15) is 11.5 Å². The van der Waals surface area contributed by atoms with Crippen LogP contribution in [0.2, 0.25) is 5.02 Å². The summed E-state index contributed by atoms with van der Waals surface area (Å²) in [4.78, 5) is 0. The van der Waals surface area contributed by atoms with Gasteiger partial charge in [0.2, 0.25) is 11.9 Å². The summed E-state index contributed by atoms with van der Waals surface area (Å²) < 4.78 is 59.9. The number of para-hydroxylation sites is 1. The molecule has 8 heteroatoms. The van der Waals surface area contributed by atoms with Crippen molar-refractivity contribution in [3.05, 3.63) is 47.0 Å². The van der Waals surface area contributed by atoms with Crippen molar-refractivity contribution in [1.29, 1.82) is 0 Å². The molecule has 2 aromatic carbocycles. The minimum Gasteiger partial charge on any atom is -0.493 e. The lowest BCUT2D eigenvalue weighted by atomic mass is 10.1. The molecule has 0 fully saturated rings. The van der Waals surface area contributed by atoms with E-state index in [0.29, 0.717) is 22.8 Å². The summed E-state index contributed by atoms with van der Waals surface area (Å²) in [6, 6.07) is 7.78. The standard InChI is InChI=1S/C18H14ClF3O4/c1-23-12-4-3-5-13(17(12)24-2)25-15-9-14-10(8-11(15)19)6-7-16(26-14)18(20,21)22/h3-9,16H,1-2H3. The Morgan fingerprint density at radius 2 is 1.77 bits per heavy atom. The number of halogens is 4. The first-order valence-corrected chi connectivity index (χ1v) is 7.85. The SMILES string of the molecule is COc1cccc(Oc2cc3c(cc2Cl)C=CC(C(F)(F)F)O3)c1OC. The molecule has 0 bridgehead atoms. The maximum Gasteiger partial charge on any atom is 0.429 e. The molecule has 4 nitrogen and oxygen atoms in total. The Balaban J connectivity index is 1.95. The van der Waals surface area contributed by atoms with E-state index in [2.05, 4.69) is 0 Å². The molecule has 26 heavy (non-hydrogen) atoms. The molecule has 3 rings (SSSR count). The van der Waals surface area contributed by atoms with Crippen LogP contribution in [-0.2, 0) is 0 Å². The summed E-state index contributed by atoms with van der Waals surface area (Å²) in [7, 11) is 2.92. The second-order valence-electron chi connectivity index (χ2n) is 5.35. The van der Waals surface area contributed by atoms with Gasteiger partial charge >= 0.3 is 6.18 Å². The third kappa shape index (κ3) is 3.53. The van der Waals surface area contributed by atoms with Crippen LogP contribution in [0.1, 0.15) is 5.56 Å². The zero-order chi connectivity index (χ0) is 18.9. The molecular formula is C18H14ClF3O4. The molecule has 0 saturated carbocycles. The highest BCUT2D eigenvalue weighted by molar-refractivity contribution is 6.32. The molecule has 0 saturated heterocycles. The van der Waals surface area contributed by atoms with Gasteiger partial charge in [0.25, 0.3) is 0 Å². The van der Waals surface area contributed by atoms with Crippen LogP contribution in [0, 0.1) is 0 Å². The first-order chi connectivity index (χ1) is 12.3. The summed E-state index contributed by atoms with van der Waals surface area (Å²) in [6.07, 6.45) is -4.27. The predicted octanol–water partition coefficient (Wildman–Crippen LogP) is 5.49. The molecule has 0 N–H and O–H groups in total. The van der Waals surface area contributed by atoms with Crippen LogP contribution in [-0.4, -0.2) is 26.5 Å². The fraction of sp³-hybridized carbons (Fsp3) is 0.222. The highest BCUT2D eigenvalue weighted by Gasteiger charge is 2.41. The van der Waals surface area contributed by atoms with Gasteiger partial charge in [-0.2, -0.15) is 13.2 Å². The van der Waals surface area contributed by atoms with E-state index in [9.17, 15) is 13.2 Å². The first kappa shape index (κ1) is 18.3. The minimum atomic E-state index is -4.51. The minimum absolute atomic E-state index is 0.0242. The molecule has 1 unspecified atom stereocenters. The molecule has 0 amide bonds. The third-order valence-corrected chi connectivity index (χ3v) is 3.97. The fourth-order valence-electron chi connectivity index (χ4n) is 2.46. The van der Waals surface area contributed by atoms with Crippen molar-refractivity contribution >= 4 is 17.7 Å². The lowest BCUT2D eigenvalue weighted by molar-refractivity contribution is -0.180. The lowest BCUT2D eigenvalue weighted by Crippen LogP contribution is -2.33. The lowest BCUT2D eigenvalue weighted by Gasteiger charge is -2.24. The van der Waals surface area contributed by atoms with Crippen LogP contribution in [0.3, 0.4) is 0 Å². The Kier molecular flexibility index (Phi) is 4.91. The Hall–Kier alpha value is -2.54. The van der Waals surface area contributed by atoms with Gasteiger partial charge in [-0.25, -0.2) is 0 Å². The molecule has 1 aliphatic heterocycles. The molecule has 0 aromatic heterocycles. The van der Waals surface area contributed by atoms with Gasteiger partial charge in [-0.1, -0.05) is 23.7 Å². The number of alkyl halides is 3. The van der Waals surface area contributed by atoms with E-state index in [1.807, 2.05) is 0 Å². The van der Waals surface area contributed by atoms with Crippen molar-refractivity contribution in [3.63, 3.8) is 0 Å². The molecule has 1 atom stereocenters. The Labute approximate surface area is 152 Å². The second-order valence-corrected chi connectivity index (χ2v) is 5.76. The van der Waals surface area contributed by atoms with Crippen molar-refractivity contribution < 1.29 is 32.1 Å². The van der Waals surface area contributed by atoms with Crippen LogP contribution >= 0.6 is 11.6 Å². The maximum absolute atomic E-state index is 12.9. The van der Waals surface area contributed by atoms with Crippen molar-refractivity contribution in [2.45, 2.75) is 12.3 Å². The van der Waals surface area contributed by atoms with Gasteiger partial charge < -0.3 is 18.9 Å². The van der Waals surface area contributed by atoms with E-state index < -0.39 is 12.3 Å². The van der Waals surface area contributed by atoms with Gasteiger partial charge in [0, 0.05) is 11.6 Å². The molecule has 2 aromatic rings. The normalized spacial score (nSPS) is 15.8. The molecule has 0 spiro atoms. The number of benzene rings is 2. The average molecular weight is 387 g/mol. The van der Waals surface area contributed by atoms with E-state index >= 15 is 0 Å². The number of fused-ring (bicyclic) bond motifs is 1. The van der Waals surface area contributed by atoms with Crippen molar-refractivity contribution in [2.24, 2.45) is 0 Å². The third-order valence-electron chi connectivity index (χ3n) is 3.68. The number of ether oxygens (including phenoxy) is 4. The van der Waals surface area contributed by atoms with E-state index in [0.717, 1.165) is 6.08 Å². The summed E-state index contributed by atoms with van der Waals surface area (Å²) in [6.45, 7) is 0. The number of methoxy groups -OCH3 is 2. The van der Waals surface area contributed by atoms with Crippen LogP contribution in [0.5, 0.6) is 28.7 Å². The monoisotopic (exact) mass is 386 g/mol. The average Bonchev–Trinajstić information content (AvgIpc) is 2.60. The van der Waals surface area contributed by atoms with Gasteiger partial charge in [0.05, 0.1) is 19.2 Å². The van der Waals surface area contributed by atoms with Gasteiger partial charge in [-0.15, -0.1) is 0 Å². The summed E-state index contributed by atoms with van der Waals surface area (Å²) >= 11 is 6.20. The van der Waals surface area contributed by atoms with Crippen LogP contribution in [0.4, 0.5) is 13.2 Å². The zero-order valence-corrected chi connectivity index (χ0v) is 14.5. The topological polar surface area (TPSA) is 36.9 Å². The number of hydrogen-bond donors (Lipinski definition) is 0. The van der Waals surface area contributed by atoms with E-state index in [1.54, 1.807) is 18.2 Å². The van der Waals surface area contributed by atoms with E-state index in [4.69, 9.17) is 30.5 Å². The highest BCUT2D eigenvalue weighted by Crippen LogP contribution is 2.44. The van der Waals surface area contributed by atoms with Crippen molar-refractivity contribution in [2.75, 3.05) is 14.2 Å². The summed E-state index contributed by atoms with van der Waals surface area (Å²) in [5.74, 6) is 1.23. The largest absolute Gasteiger partial charge is 0.493 e. The van der Waals surface area contributed by atoms with Crippen LogP contribution in [0.15, 0.2) is 36.4 Å². The van der Waals surface area contributed by atoms with Gasteiger partial charge in [-0.05, 0) is 24.3 Å². The van der Waals surface area contributed by atoms with Gasteiger partial charge in [0.15, 0.2) is 11.5 Å². The molecule has 138 valence electrons.